The van der Waals surface area contributed by atoms with Crippen molar-refractivity contribution in [1.29, 1.82) is 0 Å². The molecule has 0 bridgehead atoms. The molecule has 0 aromatic rings. The topological polar surface area (TPSA) is 40.5 Å². The van der Waals surface area contributed by atoms with Crippen molar-refractivity contribution in [2.45, 2.75) is 6.92 Å². The van der Waals surface area contributed by atoms with Gasteiger partial charge in [0.05, 0.1) is 0 Å². The van der Waals surface area contributed by atoms with Gasteiger partial charge in [-0.05, 0) is 6.92 Å². The summed E-state index contributed by atoms with van der Waals surface area (Å²) in [6.07, 6.45) is 0. The molecule has 0 amide bonds. The van der Waals surface area contributed by atoms with E-state index in [1.807, 2.05) is 0 Å². The van der Waals surface area contributed by atoms with Crippen molar-refractivity contribution in [3.05, 3.63) is 0 Å². The normalized spacial score (nSPS) is 4.00. The molecule has 0 aromatic carbocycles. The quantitative estimate of drug-likeness (QED) is 0.405. The molecule has 0 rings (SSSR count). The zero-order valence-corrected chi connectivity index (χ0v) is 5.72. The van der Waals surface area contributed by atoms with Gasteiger partial charge in [-0.3, -0.25) is 0 Å². The predicted octanol–water partition coefficient (Wildman–Crippen LogP) is -0.549. The van der Waals surface area contributed by atoms with E-state index in [0.29, 0.717) is 0 Å². The molecule has 0 spiro atoms. The Labute approximate surface area is 57.3 Å². The average Bonchev–Trinajstić information content (AvgIpc) is 1.46. The first-order valence-electron chi connectivity index (χ1n) is 1.47. The first kappa shape index (κ1) is 15.9. The average molecular weight is 104 g/mol. The van der Waals surface area contributed by atoms with E-state index in [1.54, 1.807) is 6.92 Å². The van der Waals surface area contributed by atoms with E-state index in [9.17, 15) is 0 Å². The van der Waals surface area contributed by atoms with Gasteiger partial charge < -0.3 is 13.1 Å². The summed E-state index contributed by atoms with van der Waals surface area (Å²) in [5, 5.41) is 14.6. The second-order valence-electron chi connectivity index (χ2n) is 0.316. The number of aliphatic hydroxyl groups excluding tert-OH is 2. The molecule has 38 valence electrons. The monoisotopic (exact) mass is 104 g/mol. The molecule has 2 N–H and O–H groups in total. The third-order valence-electron chi connectivity index (χ3n) is 0. The van der Waals surface area contributed by atoms with Gasteiger partial charge in [0.15, 0.2) is 0 Å². The van der Waals surface area contributed by atoms with Crippen LogP contribution >= 0.6 is 0 Å². The number of rotatable bonds is 0. The van der Waals surface area contributed by atoms with Crippen molar-refractivity contribution in [3.8, 4) is 0 Å². The van der Waals surface area contributed by atoms with Crippen LogP contribution in [0.4, 0.5) is 0 Å². The number of hydrogen-bond acceptors (Lipinski definition) is 2. The van der Waals surface area contributed by atoms with Gasteiger partial charge >= 0.3 is 23.1 Å². The van der Waals surface area contributed by atoms with Crippen LogP contribution in [0.1, 0.15) is 9.78 Å². The molecule has 0 radical (unpaired) electrons. The Hall–Kier alpha value is 0.686. The largest absolute Gasteiger partial charge is 2.00 e. The molecule has 6 heavy (non-hydrogen) atoms. The van der Waals surface area contributed by atoms with Crippen LogP contribution in [0.5, 0.6) is 0 Å². The Morgan fingerprint density at radius 1 is 1.50 bits per heavy atom. The van der Waals surface area contributed by atoms with E-state index in [1.165, 1.54) is 0 Å². The molecule has 2 nitrogen and oxygen atoms in total. The molecule has 0 atom stereocenters. The number of hydrogen-bond donors (Lipinski definition) is 2. The van der Waals surface area contributed by atoms with E-state index in [4.69, 9.17) is 10.2 Å². The zero-order chi connectivity index (χ0) is 4.71. The summed E-state index contributed by atoms with van der Waals surface area (Å²) in [7, 11) is 1.00. The minimum absolute atomic E-state index is 0. The molecule has 0 heterocycles. The minimum Gasteiger partial charge on any atom is -1.00 e. The third kappa shape index (κ3) is 135. The summed E-state index contributed by atoms with van der Waals surface area (Å²) in [6.45, 7) is 1.93. The summed E-state index contributed by atoms with van der Waals surface area (Å²) in [5.74, 6) is 0. The zero-order valence-electron chi connectivity index (χ0n) is 6.31. The standard InChI is InChI=1S/C2H6O.CH4O.Mg.2H/c1-2-3;1-2;;;/h3H,2H2,1H3;2H,1H3;;;/q;;+2;2*-1. The van der Waals surface area contributed by atoms with Crippen LogP contribution in [0.2, 0.25) is 0 Å². The Kier molecular flexibility index (Phi) is 116. The van der Waals surface area contributed by atoms with Gasteiger partial charge in [0.25, 0.3) is 0 Å². The van der Waals surface area contributed by atoms with Gasteiger partial charge in [-0.25, -0.2) is 0 Å². The van der Waals surface area contributed by atoms with Gasteiger partial charge in [-0.15, -0.1) is 0 Å². The Balaban J connectivity index is -0.00000000567. The van der Waals surface area contributed by atoms with Crippen molar-refractivity contribution in [2.24, 2.45) is 0 Å². The van der Waals surface area contributed by atoms with Crippen molar-refractivity contribution in [2.75, 3.05) is 13.7 Å². The van der Waals surface area contributed by atoms with E-state index < -0.39 is 0 Å². The van der Waals surface area contributed by atoms with Crippen LogP contribution in [0.3, 0.4) is 0 Å². The maximum Gasteiger partial charge on any atom is 2.00 e. The Morgan fingerprint density at radius 2 is 1.50 bits per heavy atom. The van der Waals surface area contributed by atoms with Crippen molar-refractivity contribution < 1.29 is 13.1 Å². The van der Waals surface area contributed by atoms with E-state index >= 15 is 0 Å². The van der Waals surface area contributed by atoms with Crippen LogP contribution in [-0.2, 0) is 0 Å². The first-order chi connectivity index (χ1) is 2.41. The van der Waals surface area contributed by atoms with Gasteiger partial charge in [0.1, 0.15) is 0 Å². The maximum atomic E-state index is 7.57. The summed E-state index contributed by atoms with van der Waals surface area (Å²) < 4.78 is 0. The first-order valence-corrected chi connectivity index (χ1v) is 1.47. The maximum absolute atomic E-state index is 7.57. The predicted molar refractivity (Wildman–Crippen MR) is 28.9 cm³/mol. The summed E-state index contributed by atoms with van der Waals surface area (Å²) in [5.41, 5.74) is 0. The van der Waals surface area contributed by atoms with Crippen molar-refractivity contribution in [1.82, 2.24) is 0 Å². The van der Waals surface area contributed by atoms with Gasteiger partial charge in [-0.1, -0.05) is 0 Å². The SMILES string of the molecule is CCO.CO.[H-].[H-].[Mg+2]. The van der Waals surface area contributed by atoms with E-state index in [0.717, 1.165) is 7.11 Å². The van der Waals surface area contributed by atoms with Gasteiger partial charge in [-0.2, -0.15) is 0 Å². The fourth-order valence-corrected chi connectivity index (χ4v) is 0. The van der Waals surface area contributed by atoms with E-state index in [-0.39, 0.29) is 32.5 Å². The smallest absolute Gasteiger partial charge is 1.00 e. The molecular formula is C3H12MgO2. The van der Waals surface area contributed by atoms with Crippen LogP contribution in [0.15, 0.2) is 0 Å². The second-order valence-corrected chi connectivity index (χ2v) is 0.316. The van der Waals surface area contributed by atoms with Crippen molar-refractivity contribution in [3.63, 3.8) is 0 Å². The van der Waals surface area contributed by atoms with Crippen LogP contribution < -0.4 is 0 Å². The minimum atomic E-state index is 0. The third-order valence-corrected chi connectivity index (χ3v) is 0. The van der Waals surface area contributed by atoms with E-state index in [2.05, 4.69) is 0 Å². The fraction of sp³-hybridized carbons (Fsp3) is 1.00. The molecule has 3 heteroatoms. The van der Waals surface area contributed by atoms with Crippen LogP contribution in [-0.4, -0.2) is 47.0 Å². The molecule has 0 aromatic heterocycles. The molecule has 0 saturated carbocycles. The molecule has 0 unspecified atom stereocenters. The van der Waals surface area contributed by atoms with Crippen LogP contribution in [0.25, 0.3) is 0 Å². The van der Waals surface area contributed by atoms with Gasteiger partial charge in [0.2, 0.25) is 0 Å². The fourth-order valence-electron chi connectivity index (χ4n) is 0. The molecular weight excluding hydrogens is 92.3 g/mol. The molecule has 0 fully saturated rings. The van der Waals surface area contributed by atoms with Crippen molar-refractivity contribution >= 4 is 23.1 Å². The van der Waals surface area contributed by atoms with Crippen LogP contribution in [0, 0.1) is 0 Å². The Morgan fingerprint density at radius 3 is 1.50 bits per heavy atom. The number of aliphatic hydroxyl groups is 2. The summed E-state index contributed by atoms with van der Waals surface area (Å²) >= 11 is 0. The molecule has 0 aliphatic heterocycles. The van der Waals surface area contributed by atoms with Gasteiger partial charge in [0, 0.05) is 13.7 Å². The molecule has 0 aliphatic rings. The summed E-state index contributed by atoms with van der Waals surface area (Å²) in [6, 6.07) is 0. The molecule has 0 saturated heterocycles. The molecule has 0 aliphatic carbocycles. The second kappa shape index (κ2) is 43.9. The summed E-state index contributed by atoms with van der Waals surface area (Å²) in [4.78, 5) is 0. The Bertz CT molecular complexity index is 15.2.